The van der Waals surface area contributed by atoms with E-state index in [0.29, 0.717) is 11.5 Å². The second kappa shape index (κ2) is 6.61. The maximum absolute atomic E-state index is 8.90. The van der Waals surface area contributed by atoms with Gasteiger partial charge in [-0.3, -0.25) is 0 Å². The number of methoxy groups -OCH3 is 2. The highest BCUT2D eigenvalue weighted by molar-refractivity contribution is 5.73. The molecule has 2 aromatic rings. The standard InChI is InChI=1S/C16H17NO3/c1-19-15-9-8-13(10-16(15)20-2)14(11-17-18)12-6-4-3-5-7-12/h3-11,14,18H,1-2H3/b17-11-. The van der Waals surface area contributed by atoms with Crippen LogP contribution in [0.5, 0.6) is 11.5 Å². The first kappa shape index (κ1) is 13.9. The zero-order valence-corrected chi connectivity index (χ0v) is 11.5. The first-order valence-electron chi connectivity index (χ1n) is 6.24. The summed E-state index contributed by atoms with van der Waals surface area (Å²) in [7, 11) is 3.20. The fourth-order valence-corrected chi connectivity index (χ4v) is 2.14. The van der Waals surface area contributed by atoms with Gasteiger partial charge in [0, 0.05) is 5.92 Å². The molecule has 2 aromatic carbocycles. The summed E-state index contributed by atoms with van der Waals surface area (Å²) in [6, 6.07) is 15.5. The molecule has 0 spiro atoms. The second-order valence-electron chi connectivity index (χ2n) is 4.27. The van der Waals surface area contributed by atoms with E-state index in [0.717, 1.165) is 11.1 Å². The summed E-state index contributed by atoms with van der Waals surface area (Å²) >= 11 is 0. The summed E-state index contributed by atoms with van der Waals surface area (Å²) in [4.78, 5) is 0. The molecule has 2 rings (SSSR count). The van der Waals surface area contributed by atoms with E-state index in [4.69, 9.17) is 14.7 Å². The highest BCUT2D eigenvalue weighted by Crippen LogP contribution is 2.32. The van der Waals surface area contributed by atoms with Gasteiger partial charge in [0.1, 0.15) is 0 Å². The molecule has 1 atom stereocenters. The molecular weight excluding hydrogens is 254 g/mol. The molecule has 4 nitrogen and oxygen atoms in total. The largest absolute Gasteiger partial charge is 0.493 e. The van der Waals surface area contributed by atoms with Gasteiger partial charge in [-0.25, -0.2) is 0 Å². The minimum atomic E-state index is -0.138. The van der Waals surface area contributed by atoms with Crippen molar-refractivity contribution in [2.45, 2.75) is 5.92 Å². The smallest absolute Gasteiger partial charge is 0.161 e. The van der Waals surface area contributed by atoms with Gasteiger partial charge in [0.05, 0.1) is 20.4 Å². The molecule has 0 aliphatic rings. The maximum atomic E-state index is 8.90. The van der Waals surface area contributed by atoms with Crippen LogP contribution in [-0.2, 0) is 0 Å². The average Bonchev–Trinajstić information content (AvgIpc) is 2.52. The summed E-state index contributed by atoms with van der Waals surface area (Å²) in [6.45, 7) is 0. The van der Waals surface area contributed by atoms with E-state index in [9.17, 15) is 0 Å². The van der Waals surface area contributed by atoms with Crippen molar-refractivity contribution in [2.24, 2.45) is 5.16 Å². The number of hydrogen-bond acceptors (Lipinski definition) is 4. The molecule has 0 saturated carbocycles. The normalized spacial score (nSPS) is 12.3. The van der Waals surface area contributed by atoms with E-state index in [1.165, 1.54) is 6.21 Å². The van der Waals surface area contributed by atoms with Crippen molar-refractivity contribution in [2.75, 3.05) is 14.2 Å². The Bertz CT molecular complexity index is 582. The highest BCUT2D eigenvalue weighted by Gasteiger charge is 2.14. The molecule has 0 heterocycles. The molecule has 4 heteroatoms. The molecule has 0 bridgehead atoms. The third kappa shape index (κ3) is 2.91. The van der Waals surface area contributed by atoms with Gasteiger partial charge in [0.25, 0.3) is 0 Å². The Labute approximate surface area is 118 Å². The maximum Gasteiger partial charge on any atom is 0.161 e. The van der Waals surface area contributed by atoms with Gasteiger partial charge < -0.3 is 14.7 Å². The van der Waals surface area contributed by atoms with Crippen LogP contribution in [0.4, 0.5) is 0 Å². The predicted molar refractivity (Wildman–Crippen MR) is 78.1 cm³/mol. The monoisotopic (exact) mass is 271 g/mol. The van der Waals surface area contributed by atoms with Gasteiger partial charge in [-0.15, -0.1) is 5.16 Å². The van der Waals surface area contributed by atoms with E-state index in [1.54, 1.807) is 14.2 Å². The predicted octanol–water partition coefficient (Wildman–Crippen LogP) is 3.30. The van der Waals surface area contributed by atoms with E-state index in [-0.39, 0.29) is 5.92 Å². The third-order valence-corrected chi connectivity index (χ3v) is 3.14. The van der Waals surface area contributed by atoms with Crippen molar-refractivity contribution in [3.63, 3.8) is 0 Å². The summed E-state index contributed by atoms with van der Waals surface area (Å²) in [5.41, 5.74) is 2.00. The minimum absolute atomic E-state index is 0.138. The number of oxime groups is 1. The van der Waals surface area contributed by atoms with Crippen LogP contribution in [0.15, 0.2) is 53.7 Å². The molecule has 0 amide bonds. The molecule has 0 aliphatic heterocycles. The Morgan fingerprint density at radius 1 is 0.950 bits per heavy atom. The third-order valence-electron chi connectivity index (χ3n) is 3.14. The van der Waals surface area contributed by atoms with Gasteiger partial charge in [-0.1, -0.05) is 36.4 Å². The molecule has 20 heavy (non-hydrogen) atoms. The van der Waals surface area contributed by atoms with Crippen molar-refractivity contribution < 1.29 is 14.7 Å². The highest BCUT2D eigenvalue weighted by atomic mass is 16.5. The van der Waals surface area contributed by atoms with Gasteiger partial charge in [-0.05, 0) is 23.3 Å². The SMILES string of the molecule is COc1ccc(C(/C=N\O)c2ccccc2)cc1OC. The van der Waals surface area contributed by atoms with Crippen LogP contribution in [0.1, 0.15) is 17.0 Å². The lowest BCUT2D eigenvalue weighted by Crippen LogP contribution is -2.03. The summed E-state index contributed by atoms with van der Waals surface area (Å²) in [5.74, 6) is 1.18. The molecule has 1 unspecified atom stereocenters. The molecule has 0 fully saturated rings. The van der Waals surface area contributed by atoms with Crippen LogP contribution in [-0.4, -0.2) is 25.6 Å². The molecule has 0 aromatic heterocycles. The number of nitrogens with zero attached hydrogens (tertiary/aromatic N) is 1. The Hall–Kier alpha value is -2.49. The lowest BCUT2D eigenvalue weighted by atomic mass is 9.92. The van der Waals surface area contributed by atoms with Gasteiger partial charge in [0.2, 0.25) is 0 Å². The summed E-state index contributed by atoms with van der Waals surface area (Å²) in [5, 5.41) is 12.1. The Morgan fingerprint density at radius 3 is 2.25 bits per heavy atom. The number of benzene rings is 2. The topological polar surface area (TPSA) is 51.0 Å². The van der Waals surface area contributed by atoms with Crippen LogP contribution >= 0.6 is 0 Å². The zero-order valence-electron chi connectivity index (χ0n) is 11.5. The fourth-order valence-electron chi connectivity index (χ4n) is 2.14. The number of hydrogen-bond donors (Lipinski definition) is 1. The van der Waals surface area contributed by atoms with E-state index in [2.05, 4.69) is 5.16 Å². The molecular formula is C16H17NO3. The van der Waals surface area contributed by atoms with Crippen LogP contribution in [0.3, 0.4) is 0 Å². The van der Waals surface area contributed by atoms with Crippen molar-refractivity contribution in [1.29, 1.82) is 0 Å². The lowest BCUT2D eigenvalue weighted by Gasteiger charge is -2.15. The minimum Gasteiger partial charge on any atom is -0.493 e. The second-order valence-corrected chi connectivity index (χ2v) is 4.27. The lowest BCUT2D eigenvalue weighted by molar-refractivity contribution is 0.320. The van der Waals surface area contributed by atoms with E-state index >= 15 is 0 Å². The number of ether oxygens (including phenoxy) is 2. The summed E-state index contributed by atoms with van der Waals surface area (Å²) in [6.07, 6.45) is 1.50. The zero-order chi connectivity index (χ0) is 14.4. The summed E-state index contributed by atoms with van der Waals surface area (Å²) < 4.78 is 10.5. The van der Waals surface area contributed by atoms with Gasteiger partial charge in [0.15, 0.2) is 11.5 Å². The first-order chi connectivity index (χ1) is 9.80. The molecule has 1 N–H and O–H groups in total. The van der Waals surface area contributed by atoms with Gasteiger partial charge >= 0.3 is 0 Å². The van der Waals surface area contributed by atoms with Crippen LogP contribution in [0.2, 0.25) is 0 Å². The van der Waals surface area contributed by atoms with Crippen LogP contribution in [0.25, 0.3) is 0 Å². The van der Waals surface area contributed by atoms with E-state index in [1.807, 2.05) is 48.5 Å². The fraction of sp³-hybridized carbons (Fsp3) is 0.188. The van der Waals surface area contributed by atoms with Crippen LogP contribution < -0.4 is 9.47 Å². The number of rotatable bonds is 5. The van der Waals surface area contributed by atoms with Crippen molar-refractivity contribution in [3.8, 4) is 11.5 Å². The quantitative estimate of drug-likeness (QED) is 0.515. The van der Waals surface area contributed by atoms with E-state index < -0.39 is 0 Å². The Morgan fingerprint density at radius 2 is 1.65 bits per heavy atom. The van der Waals surface area contributed by atoms with Crippen molar-refractivity contribution >= 4 is 6.21 Å². The molecule has 0 saturated heterocycles. The van der Waals surface area contributed by atoms with Crippen molar-refractivity contribution in [3.05, 3.63) is 59.7 Å². The van der Waals surface area contributed by atoms with Crippen molar-refractivity contribution in [1.82, 2.24) is 0 Å². The molecule has 0 radical (unpaired) electrons. The Balaban J connectivity index is 2.45. The average molecular weight is 271 g/mol. The molecule has 104 valence electrons. The first-order valence-corrected chi connectivity index (χ1v) is 6.24. The molecule has 0 aliphatic carbocycles. The van der Waals surface area contributed by atoms with Crippen LogP contribution in [0, 0.1) is 0 Å². The van der Waals surface area contributed by atoms with Gasteiger partial charge in [-0.2, -0.15) is 0 Å². The Kier molecular flexibility index (Phi) is 4.60.